The van der Waals surface area contributed by atoms with Gasteiger partial charge in [-0.2, -0.15) is 13.2 Å². The number of aliphatic carboxylic acids is 1. The zero-order valence-corrected chi connectivity index (χ0v) is 12.2. The first-order valence-corrected chi connectivity index (χ1v) is 6.84. The normalized spacial score (nSPS) is 17.8. The van der Waals surface area contributed by atoms with Crippen LogP contribution < -0.4 is 4.90 Å². The van der Waals surface area contributed by atoms with E-state index in [2.05, 4.69) is 15.9 Å². The molecular weight excluding hydrogens is 339 g/mol. The van der Waals surface area contributed by atoms with Gasteiger partial charge in [-0.05, 0) is 18.2 Å². The van der Waals surface area contributed by atoms with Gasteiger partial charge in [0.05, 0.1) is 17.2 Å². The van der Waals surface area contributed by atoms with E-state index in [1.165, 1.54) is 12.1 Å². The van der Waals surface area contributed by atoms with Crippen LogP contribution in [-0.2, 0) is 11.0 Å². The molecule has 0 saturated carbocycles. The van der Waals surface area contributed by atoms with Crippen LogP contribution in [0, 0.1) is 11.8 Å². The van der Waals surface area contributed by atoms with Crippen LogP contribution in [0.5, 0.6) is 0 Å². The minimum atomic E-state index is -4.42. The molecule has 3 nitrogen and oxygen atoms in total. The van der Waals surface area contributed by atoms with Crippen molar-refractivity contribution in [3.63, 3.8) is 0 Å². The summed E-state index contributed by atoms with van der Waals surface area (Å²) < 4.78 is 39.4. The van der Waals surface area contributed by atoms with Crippen molar-refractivity contribution in [2.24, 2.45) is 11.8 Å². The maximum absolute atomic E-state index is 12.9. The lowest BCUT2D eigenvalue weighted by Crippen LogP contribution is -2.51. The van der Waals surface area contributed by atoms with Crippen LogP contribution in [0.4, 0.5) is 18.9 Å². The first-order chi connectivity index (χ1) is 9.20. The molecule has 110 valence electrons. The molecule has 1 aliphatic heterocycles. The maximum Gasteiger partial charge on any atom is 0.418 e. The fourth-order valence-electron chi connectivity index (χ4n) is 2.23. The summed E-state index contributed by atoms with van der Waals surface area (Å²) in [7, 11) is 0. The molecule has 0 amide bonds. The lowest BCUT2D eigenvalue weighted by atomic mass is 9.86. The third kappa shape index (κ3) is 2.92. The van der Waals surface area contributed by atoms with Gasteiger partial charge < -0.3 is 10.0 Å². The standard InChI is InChI=1S/C13H13BrF3NO2/c1-7(12(19)20)8-5-18(6-8)11-4-9(14)2-3-10(11)13(15,16)17/h2-4,7-8H,5-6H2,1H3,(H,19,20). The number of carboxylic acids is 1. The number of halogens is 4. The van der Waals surface area contributed by atoms with E-state index < -0.39 is 23.6 Å². The molecule has 1 atom stereocenters. The molecule has 1 aliphatic rings. The van der Waals surface area contributed by atoms with E-state index in [0.717, 1.165) is 6.07 Å². The molecule has 1 aromatic carbocycles. The number of hydrogen-bond donors (Lipinski definition) is 1. The molecule has 1 saturated heterocycles. The number of alkyl halides is 3. The minimum Gasteiger partial charge on any atom is -0.481 e. The summed E-state index contributed by atoms with van der Waals surface area (Å²) >= 11 is 3.16. The Hall–Kier alpha value is -1.24. The number of anilines is 1. The number of nitrogens with zero attached hydrogens (tertiary/aromatic N) is 1. The van der Waals surface area contributed by atoms with Crippen LogP contribution in [-0.4, -0.2) is 24.2 Å². The van der Waals surface area contributed by atoms with Gasteiger partial charge >= 0.3 is 12.1 Å². The minimum absolute atomic E-state index is 0.0979. The van der Waals surface area contributed by atoms with Crippen LogP contribution in [0.15, 0.2) is 22.7 Å². The quantitative estimate of drug-likeness (QED) is 0.903. The summed E-state index contributed by atoms with van der Waals surface area (Å²) in [4.78, 5) is 12.4. The Morgan fingerprint density at radius 2 is 2.05 bits per heavy atom. The highest BCUT2D eigenvalue weighted by molar-refractivity contribution is 9.10. The molecule has 1 heterocycles. The summed E-state index contributed by atoms with van der Waals surface area (Å²) in [6.45, 7) is 2.23. The van der Waals surface area contributed by atoms with E-state index in [1.54, 1.807) is 11.8 Å². The topological polar surface area (TPSA) is 40.5 Å². The van der Waals surface area contributed by atoms with Crippen molar-refractivity contribution < 1.29 is 23.1 Å². The molecule has 0 spiro atoms. The molecule has 1 N–H and O–H groups in total. The average molecular weight is 352 g/mol. The third-order valence-corrected chi connectivity index (χ3v) is 4.11. The lowest BCUT2D eigenvalue weighted by Gasteiger charge is -2.43. The fraction of sp³-hybridized carbons (Fsp3) is 0.462. The molecule has 1 fully saturated rings. The Morgan fingerprint density at radius 3 is 2.55 bits per heavy atom. The van der Waals surface area contributed by atoms with Gasteiger partial charge in [-0.25, -0.2) is 0 Å². The molecule has 1 unspecified atom stereocenters. The lowest BCUT2D eigenvalue weighted by molar-refractivity contribution is -0.143. The molecule has 0 bridgehead atoms. The molecule has 20 heavy (non-hydrogen) atoms. The maximum atomic E-state index is 12.9. The number of carboxylic acid groups (broad SMARTS) is 1. The van der Waals surface area contributed by atoms with Crippen molar-refractivity contribution >= 4 is 27.6 Å². The summed E-state index contributed by atoms with van der Waals surface area (Å²) in [5.41, 5.74) is -0.595. The van der Waals surface area contributed by atoms with Crippen LogP contribution in [0.3, 0.4) is 0 Å². The summed E-state index contributed by atoms with van der Waals surface area (Å²) in [6.07, 6.45) is -4.42. The first kappa shape index (κ1) is 15.2. The first-order valence-electron chi connectivity index (χ1n) is 6.04. The van der Waals surface area contributed by atoms with Crippen LogP contribution in [0.2, 0.25) is 0 Å². The van der Waals surface area contributed by atoms with Crippen molar-refractivity contribution in [2.45, 2.75) is 13.1 Å². The number of hydrogen-bond acceptors (Lipinski definition) is 2. The predicted molar refractivity (Wildman–Crippen MR) is 71.6 cm³/mol. The second kappa shape index (κ2) is 5.27. The van der Waals surface area contributed by atoms with Gasteiger partial charge in [0.1, 0.15) is 0 Å². The molecule has 2 rings (SSSR count). The van der Waals surface area contributed by atoms with E-state index in [-0.39, 0.29) is 11.6 Å². The summed E-state index contributed by atoms with van der Waals surface area (Å²) in [5, 5.41) is 8.90. The zero-order chi connectivity index (χ0) is 15.1. The summed E-state index contributed by atoms with van der Waals surface area (Å²) in [6, 6.07) is 3.81. The van der Waals surface area contributed by atoms with Gasteiger partial charge in [-0.15, -0.1) is 0 Å². The molecule has 0 radical (unpaired) electrons. The van der Waals surface area contributed by atoms with E-state index in [1.807, 2.05) is 0 Å². The van der Waals surface area contributed by atoms with E-state index in [4.69, 9.17) is 5.11 Å². The van der Waals surface area contributed by atoms with Gasteiger partial charge in [0.25, 0.3) is 0 Å². The highest BCUT2D eigenvalue weighted by Gasteiger charge is 2.40. The van der Waals surface area contributed by atoms with Crippen LogP contribution in [0.25, 0.3) is 0 Å². The Balaban J connectivity index is 2.19. The van der Waals surface area contributed by atoms with Crippen LogP contribution >= 0.6 is 15.9 Å². The SMILES string of the molecule is CC(C(=O)O)C1CN(c2cc(Br)ccc2C(F)(F)F)C1. The van der Waals surface area contributed by atoms with E-state index >= 15 is 0 Å². The van der Waals surface area contributed by atoms with Gasteiger partial charge in [-0.1, -0.05) is 22.9 Å². The second-order valence-corrected chi connectivity index (χ2v) is 5.87. The van der Waals surface area contributed by atoms with Crippen LogP contribution in [0.1, 0.15) is 12.5 Å². The van der Waals surface area contributed by atoms with Crippen molar-refractivity contribution in [3.05, 3.63) is 28.2 Å². The second-order valence-electron chi connectivity index (χ2n) is 4.95. The highest BCUT2D eigenvalue weighted by Crippen LogP contribution is 2.41. The van der Waals surface area contributed by atoms with E-state index in [0.29, 0.717) is 17.6 Å². The molecule has 0 aromatic heterocycles. The largest absolute Gasteiger partial charge is 0.481 e. The highest BCUT2D eigenvalue weighted by atomic mass is 79.9. The number of rotatable bonds is 3. The average Bonchev–Trinajstić information content (AvgIpc) is 2.24. The van der Waals surface area contributed by atoms with Gasteiger partial charge in [0.15, 0.2) is 0 Å². The van der Waals surface area contributed by atoms with Gasteiger partial charge in [-0.3, -0.25) is 4.79 Å². The third-order valence-electron chi connectivity index (χ3n) is 3.61. The number of benzene rings is 1. The zero-order valence-electron chi connectivity index (χ0n) is 10.6. The predicted octanol–water partition coefficient (Wildman–Crippen LogP) is 3.62. The molecule has 1 aromatic rings. The summed E-state index contributed by atoms with van der Waals surface area (Å²) in [5.74, 6) is -1.58. The Morgan fingerprint density at radius 1 is 1.45 bits per heavy atom. The molecule has 7 heteroatoms. The van der Waals surface area contributed by atoms with Crippen molar-refractivity contribution in [1.82, 2.24) is 0 Å². The van der Waals surface area contributed by atoms with Crippen molar-refractivity contribution in [1.29, 1.82) is 0 Å². The molecule has 0 aliphatic carbocycles. The Kier molecular flexibility index (Phi) is 4.00. The molecular formula is C13H13BrF3NO2. The Bertz CT molecular complexity index is 527. The monoisotopic (exact) mass is 351 g/mol. The van der Waals surface area contributed by atoms with E-state index in [9.17, 15) is 18.0 Å². The number of carbonyl (C=O) groups is 1. The van der Waals surface area contributed by atoms with Crippen molar-refractivity contribution in [3.8, 4) is 0 Å². The van der Waals surface area contributed by atoms with Gasteiger partial charge in [0.2, 0.25) is 0 Å². The van der Waals surface area contributed by atoms with Gasteiger partial charge in [0, 0.05) is 23.5 Å². The Labute approximate surface area is 122 Å². The van der Waals surface area contributed by atoms with Crippen molar-refractivity contribution in [2.75, 3.05) is 18.0 Å². The fourth-order valence-corrected chi connectivity index (χ4v) is 2.58. The smallest absolute Gasteiger partial charge is 0.418 e.